The lowest BCUT2D eigenvalue weighted by Gasteiger charge is -2.57. The number of carbonyl (C=O) groups is 2. The number of furan rings is 1. The Balaban J connectivity index is 1.50. The molecule has 11 heteroatoms. The van der Waals surface area contributed by atoms with Crippen molar-refractivity contribution in [3.05, 3.63) is 35.8 Å². The lowest BCUT2D eigenvalue weighted by Crippen LogP contribution is -2.60. The second-order valence-electron chi connectivity index (χ2n) is 11.1. The summed E-state index contributed by atoms with van der Waals surface area (Å²) in [5, 5.41) is 50.9. The highest BCUT2D eigenvalue weighted by Gasteiger charge is 2.67. The highest BCUT2D eigenvalue weighted by Crippen LogP contribution is 2.66. The first-order valence-electron chi connectivity index (χ1n) is 12.6. The molecule has 5 N–H and O–H groups in total. The Kier molecular flexibility index (Phi) is 6.74. The minimum atomic E-state index is -1.62. The second-order valence-corrected chi connectivity index (χ2v) is 11.1. The summed E-state index contributed by atoms with van der Waals surface area (Å²) < 4.78 is 22.7. The quantitative estimate of drug-likeness (QED) is 0.322. The van der Waals surface area contributed by atoms with E-state index in [4.69, 9.17) is 18.6 Å². The maximum absolute atomic E-state index is 12.7. The molecule has 204 valence electrons. The molecule has 0 radical (unpaired) electrons. The lowest BCUT2D eigenvalue weighted by molar-refractivity contribution is -0.315. The van der Waals surface area contributed by atoms with E-state index in [1.165, 1.54) is 12.5 Å². The molecule has 37 heavy (non-hydrogen) atoms. The van der Waals surface area contributed by atoms with Gasteiger partial charge in [-0.25, -0.2) is 4.79 Å². The Bertz CT molecular complexity index is 1050. The van der Waals surface area contributed by atoms with Crippen molar-refractivity contribution in [2.24, 2.45) is 22.7 Å². The molecular weight excluding hydrogens is 488 g/mol. The molecule has 2 aliphatic heterocycles. The third kappa shape index (κ3) is 4.03. The maximum Gasteiger partial charge on any atom is 0.334 e. The van der Waals surface area contributed by atoms with Crippen LogP contribution in [0.2, 0.25) is 0 Å². The minimum Gasteiger partial charge on any atom is -0.481 e. The van der Waals surface area contributed by atoms with Crippen LogP contribution in [0.15, 0.2) is 34.7 Å². The van der Waals surface area contributed by atoms with E-state index in [0.29, 0.717) is 24.0 Å². The fourth-order valence-electron chi connectivity index (χ4n) is 7.26. The van der Waals surface area contributed by atoms with Gasteiger partial charge in [0.05, 0.1) is 31.2 Å². The van der Waals surface area contributed by atoms with Crippen molar-refractivity contribution < 1.29 is 53.7 Å². The molecule has 0 amide bonds. The van der Waals surface area contributed by atoms with Gasteiger partial charge >= 0.3 is 11.9 Å². The standard InChI is InChI=1S/C26H34O11/c1-25(14(22(31)32)8-18-26(2)13(23(33)37-18)4-3-5-17(25)26)9-15(12-6-7-34-11-12)35-24-21(30)20(29)19(28)16(10-27)36-24/h4,6-7,11,14-21,24,27-30H,3,5,8-10H2,1-2H3,(H,31,32)/t14-,15+,16+,17-,18+,19+,20-,21+,24+,25+,26-/m1/s1. The third-order valence-corrected chi connectivity index (χ3v) is 9.27. The highest BCUT2D eigenvalue weighted by atomic mass is 16.7. The number of hydrogen-bond donors (Lipinski definition) is 5. The molecular formula is C26H34O11. The molecule has 3 heterocycles. The molecule has 1 aromatic heterocycles. The van der Waals surface area contributed by atoms with Gasteiger partial charge in [-0.1, -0.05) is 19.9 Å². The largest absolute Gasteiger partial charge is 0.481 e. The predicted molar refractivity (Wildman–Crippen MR) is 124 cm³/mol. The zero-order valence-electron chi connectivity index (χ0n) is 20.7. The summed E-state index contributed by atoms with van der Waals surface area (Å²) in [6, 6.07) is 1.66. The smallest absolute Gasteiger partial charge is 0.334 e. The van der Waals surface area contributed by atoms with Gasteiger partial charge in [0.2, 0.25) is 0 Å². The van der Waals surface area contributed by atoms with E-state index in [1.807, 2.05) is 19.9 Å². The molecule has 2 aliphatic carbocycles. The van der Waals surface area contributed by atoms with Gasteiger partial charge in [0.1, 0.15) is 30.5 Å². The van der Waals surface area contributed by atoms with Crippen molar-refractivity contribution in [1.29, 1.82) is 0 Å². The molecule has 0 aromatic carbocycles. The van der Waals surface area contributed by atoms with Gasteiger partial charge in [0, 0.05) is 16.6 Å². The van der Waals surface area contributed by atoms with Gasteiger partial charge in [-0.05, 0) is 43.1 Å². The number of aliphatic hydroxyl groups is 4. The first-order valence-corrected chi connectivity index (χ1v) is 12.6. The van der Waals surface area contributed by atoms with Gasteiger partial charge in [0.15, 0.2) is 6.29 Å². The van der Waals surface area contributed by atoms with Crippen molar-refractivity contribution in [3.63, 3.8) is 0 Å². The number of carboxylic acid groups (broad SMARTS) is 1. The normalized spacial score (nSPS) is 44.1. The molecule has 0 bridgehead atoms. The van der Waals surface area contributed by atoms with Crippen molar-refractivity contribution in [2.75, 3.05) is 6.61 Å². The average molecular weight is 523 g/mol. The molecule has 11 nitrogen and oxygen atoms in total. The Morgan fingerprint density at radius 2 is 1.97 bits per heavy atom. The van der Waals surface area contributed by atoms with E-state index in [1.54, 1.807) is 6.07 Å². The molecule has 5 rings (SSSR count). The summed E-state index contributed by atoms with van der Waals surface area (Å²) in [5.74, 6) is -2.47. The fourth-order valence-corrected chi connectivity index (χ4v) is 7.26. The van der Waals surface area contributed by atoms with Crippen molar-refractivity contribution in [2.45, 2.75) is 82.4 Å². The molecule has 4 aliphatic rings. The zero-order chi connectivity index (χ0) is 26.7. The summed E-state index contributed by atoms with van der Waals surface area (Å²) >= 11 is 0. The first-order chi connectivity index (χ1) is 17.5. The van der Waals surface area contributed by atoms with E-state index < -0.39 is 78.2 Å². The maximum atomic E-state index is 12.7. The molecule has 1 saturated carbocycles. The topological polar surface area (TPSA) is 176 Å². The van der Waals surface area contributed by atoms with Crippen LogP contribution in [0.25, 0.3) is 0 Å². The Morgan fingerprint density at radius 1 is 1.22 bits per heavy atom. The number of esters is 1. The average Bonchev–Trinajstić information content (AvgIpc) is 3.48. The predicted octanol–water partition coefficient (Wildman–Crippen LogP) is 0.906. The van der Waals surface area contributed by atoms with E-state index in [9.17, 15) is 35.1 Å². The summed E-state index contributed by atoms with van der Waals surface area (Å²) in [6.07, 6.45) is -2.31. The number of allylic oxidation sites excluding steroid dienone is 1. The van der Waals surface area contributed by atoms with Crippen LogP contribution in [0, 0.1) is 22.7 Å². The summed E-state index contributed by atoms with van der Waals surface area (Å²) in [6.45, 7) is 3.26. The SMILES string of the molecule is C[C@]1(C[C@H](O[C@H]2O[C@@H](CO)[C@H](O)[C@@H](O)[C@@H]2O)c2ccoc2)[C@@H](C(=O)O)C[C@@H]2OC(=O)C3=CCC[C@H]1[C@@]32C. The van der Waals surface area contributed by atoms with Gasteiger partial charge in [-0.2, -0.15) is 0 Å². The van der Waals surface area contributed by atoms with Crippen LogP contribution in [0.1, 0.15) is 51.2 Å². The van der Waals surface area contributed by atoms with Crippen LogP contribution < -0.4 is 0 Å². The second kappa shape index (κ2) is 9.48. The van der Waals surface area contributed by atoms with Crippen LogP contribution in [0.4, 0.5) is 0 Å². The van der Waals surface area contributed by atoms with Gasteiger partial charge in [0.25, 0.3) is 0 Å². The first kappa shape index (κ1) is 26.3. The molecule has 0 spiro atoms. The summed E-state index contributed by atoms with van der Waals surface area (Å²) in [4.78, 5) is 25.3. The van der Waals surface area contributed by atoms with E-state index in [-0.39, 0.29) is 18.8 Å². The zero-order valence-corrected chi connectivity index (χ0v) is 20.7. The van der Waals surface area contributed by atoms with Crippen LogP contribution >= 0.6 is 0 Å². The molecule has 3 fully saturated rings. The van der Waals surface area contributed by atoms with Gasteiger partial charge < -0.3 is 44.2 Å². The number of aliphatic hydroxyl groups excluding tert-OH is 4. The number of rotatable bonds is 7. The van der Waals surface area contributed by atoms with Crippen molar-refractivity contribution >= 4 is 11.9 Å². The molecule has 11 atom stereocenters. The Hall–Kier alpha value is -2.28. The van der Waals surface area contributed by atoms with Crippen LogP contribution in [-0.2, 0) is 23.8 Å². The van der Waals surface area contributed by atoms with E-state index in [2.05, 4.69) is 0 Å². The van der Waals surface area contributed by atoms with Crippen molar-refractivity contribution in [3.8, 4) is 0 Å². The third-order valence-electron chi connectivity index (χ3n) is 9.27. The van der Waals surface area contributed by atoms with Crippen molar-refractivity contribution in [1.82, 2.24) is 0 Å². The van der Waals surface area contributed by atoms with Crippen LogP contribution in [-0.4, -0.2) is 80.9 Å². The Labute approximate surface area is 213 Å². The molecule has 2 saturated heterocycles. The van der Waals surface area contributed by atoms with E-state index in [0.717, 1.165) is 0 Å². The summed E-state index contributed by atoms with van der Waals surface area (Å²) in [5.41, 5.74) is -0.362. The number of aliphatic carboxylic acids is 1. The lowest BCUT2D eigenvalue weighted by atomic mass is 9.46. The number of ether oxygens (including phenoxy) is 3. The van der Waals surface area contributed by atoms with E-state index >= 15 is 0 Å². The highest BCUT2D eigenvalue weighted by molar-refractivity contribution is 5.93. The number of carbonyl (C=O) groups excluding carboxylic acids is 1. The number of carboxylic acids is 1. The number of hydrogen-bond acceptors (Lipinski definition) is 10. The fraction of sp³-hybridized carbons (Fsp3) is 0.692. The van der Waals surface area contributed by atoms with Gasteiger partial charge in [-0.15, -0.1) is 0 Å². The molecule has 1 aromatic rings. The van der Waals surface area contributed by atoms with Crippen LogP contribution in [0.5, 0.6) is 0 Å². The molecule has 0 unspecified atom stereocenters. The summed E-state index contributed by atoms with van der Waals surface area (Å²) in [7, 11) is 0. The Morgan fingerprint density at radius 3 is 2.62 bits per heavy atom. The monoisotopic (exact) mass is 522 g/mol. The van der Waals surface area contributed by atoms with Gasteiger partial charge in [-0.3, -0.25) is 4.79 Å². The van der Waals surface area contributed by atoms with Crippen LogP contribution in [0.3, 0.4) is 0 Å². The minimum absolute atomic E-state index is 0.153.